The molecule has 2 aromatic rings. The minimum atomic E-state index is -0.334. The maximum Gasteiger partial charge on any atom is 0.138 e. The van der Waals surface area contributed by atoms with Crippen molar-refractivity contribution in [2.45, 2.75) is 27.7 Å². The molecule has 0 unspecified atom stereocenters. The number of benzene rings is 2. The van der Waals surface area contributed by atoms with E-state index in [1.54, 1.807) is 17.0 Å². The van der Waals surface area contributed by atoms with E-state index in [4.69, 9.17) is 10.8 Å². The molecule has 0 fully saturated rings. The Morgan fingerprint density at radius 1 is 0.957 bits per heavy atom. The van der Waals surface area contributed by atoms with E-state index in [1.165, 1.54) is 12.1 Å². The van der Waals surface area contributed by atoms with Crippen molar-refractivity contribution in [2.24, 2.45) is 5.92 Å². The predicted octanol–water partition coefficient (Wildman–Crippen LogP) is 4.91. The monoisotopic (exact) mass is 311 g/mol. The van der Waals surface area contributed by atoms with Crippen molar-refractivity contribution in [2.75, 3.05) is 4.90 Å². The summed E-state index contributed by atoms with van der Waals surface area (Å²) >= 11 is 0. The second-order valence-electron chi connectivity index (χ2n) is 5.97. The van der Waals surface area contributed by atoms with Crippen LogP contribution in [0.3, 0.4) is 0 Å². The minimum Gasteiger partial charge on any atom is -0.288 e. The van der Waals surface area contributed by atoms with Crippen LogP contribution in [0.2, 0.25) is 0 Å². The van der Waals surface area contributed by atoms with Crippen molar-refractivity contribution in [3.63, 3.8) is 0 Å². The van der Waals surface area contributed by atoms with E-state index >= 15 is 0 Å². The number of rotatable bonds is 3. The molecule has 0 atom stereocenters. The van der Waals surface area contributed by atoms with Crippen LogP contribution in [-0.2, 0) is 0 Å². The van der Waals surface area contributed by atoms with Crippen molar-refractivity contribution >= 4 is 17.4 Å². The van der Waals surface area contributed by atoms with Crippen LogP contribution in [0.4, 0.5) is 10.1 Å². The Bertz CT molecular complexity index is 713. The molecule has 0 spiro atoms. The molecule has 2 aromatic carbocycles. The second-order valence-corrected chi connectivity index (χ2v) is 5.97. The molecule has 0 aliphatic rings. The van der Waals surface area contributed by atoms with Crippen molar-refractivity contribution in [1.82, 2.24) is 0 Å². The van der Waals surface area contributed by atoms with Gasteiger partial charge < -0.3 is 0 Å². The number of nitrogens with one attached hydrogen (secondary N) is 2. The lowest BCUT2D eigenvalue weighted by atomic mass is 10.0. The summed E-state index contributed by atoms with van der Waals surface area (Å²) in [6, 6.07) is 11.7. The van der Waals surface area contributed by atoms with Crippen LogP contribution >= 0.6 is 0 Å². The first-order chi connectivity index (χ1) is 10.8. The van der Waals surface area contributed by atoms with Gasteiger partial charge in [0.15, 0.2) is 0 Å². The third kappa shape index (κ3) is 3.47. The lowest BCUT2D eigenvalue weighted by Crippen LogP contribution is -2.40. The molecule has 0 aliphatic heterocycles. The summed E-state index contributed by atoms with van der Waals surface area (Å²) in [7, 11) is 0. The van der Waals surface area contributed by atoms with Gasteiger partial charge in [-0.3, -0.25) is 15.7 Å². The van der Waals surface area contributed by atoms with E-state index in [9.17, 15) is 4.39 Å². The maximum atomic E-state index is 13.2. The fourth-order valence-corrected chi connectivity index (χ4v) is 2.51. The molecule has 2 N–H and O–H groups in total. The summed E-state index contributed by atoms with van der Waals surface area (Å²) in [6.07, 6.45) is 0. The first-order valence-electron chi connectivity index (χ1n) is 7.62. The van der Waals surface area contributed by atoms with Crippen LogP contribution in [0, 0.1) is 36.4 Å². The van der Waals surface area contributed by atoms with Gasteiger partial charge in [0.25, 0.3) is 0 Å². The Morgan fingerprint density at radius 2 is 1.48 bits per heavy atom. The standard InChI is InChI=1S/C19H22FN3/c1-12(2)18(21)23(17-13(3)6-5-7-14(17)4)19(22)15-8-10-16(20)11-9-15/h5-12,21-22H,1-4H3. The van der Waals surface area contributed by atoms with Crippen LogP contribution in [0.5, 0.6) is 0 Å². The zero-order valence-corrected chi connectivity index (χ0v) is 13.9. The van der Waals surface area contributed by atoms with Crippen molar-refractivity contribution in [3.05, 3.63) is 65.0 Å². The van der Waals surface area contributed by atoms with Gasteiger partial charge in [-0.1, -0.05) is 32.0 Å². The highest BCUT2D eigenvalue weighted by molar-refractivity contribution is 6.24. The summed E-state index contributed by atoms with van der Waals surface area (Å²) < 4.78 is 13.2. The van der Waals surface area contributed by atoms with Gasteiger partial charge in [0.2, 0.25) is 0 Å². The van der Waals surface area contributed by atoms with Crippen LogP contribution < -0.4 is 4.90 Å². The average molecular weight is 311 g/mol. The zero-order chi connectivity index (χ0) is 17.1. The number of hydrogen-bond acceptors (Lipinski definition) is 2. The summed E-state index contributed by atoms with van der Waals surface area (Å²) in [4.78, 5) is 1.66. The number of para-hydroxylation sites is 1. The lowest BCUT2D eigenvalue weighted by Gasteiger charge is -2.30. The summed E-state index contributed by atoms with van der Waals surface area (Å²) in [5, 5.41) is 17.0. The SMILES string of the molecule is Cc1cccc(C)c1N(C(=N)c1ccc(F)cc1)C(=N)C(C)C. The summed E-state index contributed by atoms with van der Waals surface area (Å²) in [6.45, 7) is 7.81. The average Bonchev–Trinajstić information content (AvgIpc) is 2.50. The third-order valence-electron chi connectivity index (χ3n) is 3.79. The number of amidine groups is 2. The predicted molar refractivity (Wildman–Crippen MR) is 94.2 cm³/mol. The van der Waals surface area contributed by atoms with Gasteiger partial charge >= 0.3 is 0 Å². The van der Waals surface area contributed by atoms with Crippen molar-refractivity contribution in [1.29, 1.82) is 10.8 Å². The fourth-order valence-electron chi connectivity index (χ4n) is 2.51. The molecule has 23 heavy (non-hydrogen) atoms. The molecule has 0 saturated carbocycles. The molecular weight excluding hydrogens is 289 g/mol. The first kappa shape index (κ1) is 16.9. The van der Waals surface area contributed by atoms with Crippen LogP contribution in [-0.4, -0.2) is 11.7 Å². The van der Waals surface area contributed by atoms with Gasteiger partial charge in [0, 0.05) is 11.5 Å². The molecule has 0 radical (unpaired) electrons. The maximum absolute atomic E-state index is 13.2. The van der Waals surface area contributed by atoms with Crippen LogP contribution in [0.25, 0.3) is 0 Å². The van der Waals surface area contributed by atoms with E-state index in [0.29, 0.717) is 11.4 Å². The Hall–Kier alpha value is -2.49. The topological polar surface area (TPSA) is 50.9 Å². The lowest BCUT2D eigenvalue weighted by molar-refractivity contribution is 0.628. The molecule has 2 rings (SSSR count). The second kappa shape index (κ2) is 6.73. The van der Waals surface area contributed by atoms with E-state index in [-0.39, 0.29) is 17.6 Å². The van der Waals surface area contributed by atoms with Gasteiger partial charge in [-0.25, -0.2) is 4.39 Å². The van der Waals surface area contributed by atoms with Gasteiger partial charge in [0.1, 0.15) is 17.5 Å². The molecule has 0 aromatic heterocycles. The summed E-state index contributed by atoms with van der Waals surface area (Å²) in [5.74, 6) is 0.159. The molecule has 120 valence electrons. The smallest absolute Gasteiger partial charge is 0.138 e. The number of hydrogen-bond donors (Lipinski definition) is 2. The molecule has 0 saturated heterocycles. The molecule has 4 heteroatoms. The quantitative estimate of drug-likeness (QED) is 0.614. The Labute approximate surface area is 136 Å². The fraction of sp³-hybridized carbons (Fsp3) is 0.263. The van der Waals surface area contributed by atoms with E-state index in [1.807, 2.05) is 45.9 Å². The third-order valence-corrected chi connectivity index (χ3v) is 3.79. The Morgan fingerprint density at radius 3 is 1.96 bits per heavy atom. The normalized spacial score (nSPS) is 10.7. The Kier molecular flexibility index (Phi) is 4.94. The Balaban J connectivity index is 2.57. The number of anilines is 1. The van der Waals surface area contributed by atoms with Gasteiger partial charge in [-0.05, 0) is 49.2 Å². The van der Waals surface area contributed by atoms with E-state index < -0.39 is 0 Å². The highest BCUT2D eigenvalue weighted by atomic mass is 19.1. The first-order valence-corrected chi connectivity index (χ1v) is 7.62. The van der Waals surface area contributed by atoms with Gasteiger partial charge in [-0.2, -0.15) is 0 Å². The number of nitrogens with zero attached hydrogens (tertiary/aromatic N) is 1. The zero-order valence-electron chi connectivity index (χ0n) is 13.9. The largest absolute Gasteiger partial charge is 0.288 e. The number of aryl methyl sites for hydroxylation is 2. The molecular formula is C19H22FN3. The highest BCUT2D eigenvalue weighted by Crippen LogP contribution is 2.28. The van der Waals surface area contributed by atoms with Gasteiger partial charge in [-0.15, -0.1) is 0 Å². The van der Waals surface area contributed by atoms with E-state index in [0.717, 1.165) is 16.8 Å². The molecule has 3 nitrogen and oxygen atoms in total. The molecule has 0 heterocycles. The van der Waals surface area contributed by atoms with Crippen molar-refractivity contribution in [3.8, 4) is 0 Å². The highest BCUT2D eigenvalue weighted by Gasteiger charge is 2.23. The van der Waals surface area contributed by atoms with Gasteiger partial charge in [0.05, 0.1) is 5.69 Å². The van der Waals surface area contributed by atoms with Crippen LogP contribution in [0.15, 0.2) is 42.5 Å². The molecule has 0 bridgehead atoms. The van der Waals surface area contributed by atoms with E-state index in [2.05, 4.69) is 0 Å². The molecule has 0 amide bonds. The minimum absolute atomic E-state index is 0.0326. The number of halogens is 1. The summed E-state index contributed by atoms with van der Waals surface area (Å²) in [5.41, 5.74) is 3.43. The molecule has 0 aliphatic carbocycles. The van der Waals surface area contributed by atoms with Crippen molar-refractivity contribution < 1.29 is 4.39 Å². The van der Waals surface area contributed by atoms with Crippen LogP contribution in [0.1, 0.15) is 30.5 Å².